The van der Waals surface area contributed by atoms with Crippen molar-refractivity contribution in [2.75, 3.05) is 13.2 Å². The van der Waals surface area contributed by atoms with Crippen LogP contribution in [0, 0.1) is 71.0 Å². The lowest BCUT2D eigenvalue weighted by Crippen LogP contribution is -2.26. The molecule has 0 saturated carbocycles. The van der Waals surface area contributed by atoms with Gasteiger partial charge in [0.15, 0.2) is 0 Å². The Kier molecular flexibility index (Phi) is 71.7. The normalized spacial score (nSPS) is 11.0. The van der Waals surface area contributed by atoms with Gasteiger partial charge < -0.3 is 65.3 Å². The number of aliphatic hydroxyl groups excluding tert-OH is 1. The number of carboxylic acids is 9. The molecule has 0 radical (unpaired) electrons. The first-order valence-corrected chi connectivity index (χ1v) is 34.7. The predicted molar refractivity (Wildman–Crippen MR) is 417 cm³/mol. The van der Waals surface area contributed by atoms with Crippen LogP contribution < -0.4 is 0 Å². The lowest BCUT2D eigenvalue weighted by Gasteiger charge is -2.24. The van der Waals surface area contributed by atoms with Crippen molar-refractivity contribution in [2.24, 2.45) is 47.3 Å². The van der Waals surface area contributed by atoms with Crippen LogP contribution in [0.3, 0.4) is 0 Å². The smallest absolute Gasteiger partial charge is 0.381 e. The summed E-state index contributed by atoms with van der Waals surface area (Å²) < 4.78 is 16.1. The molecule has 22 heteroatoms. The minimum absolute atomic E-state index is 0.0157. The van der Waals surface area contributed by atoms with Crippen molar-refractivity contribution in [1.29, 1.82) is 0 Å². The topological polar surface area (TPSA) is 384 Å². The molecule has 0 aliphatic rings. The Labute approximate surface area is 624 Å². The van der Waals surface area contributed by atoms with Gasteiger partial charge in [-0.05, 0) is 160 Å². The van der Waals surface area contributed by atoms with E-state index >= 15 is 0 Å². The first-order chi connectivity index (χ1) is 47.1. The van der Waals surface area contributed by atoms with E-state index in [1.165, 1.54) is 24.3 Å². The molecule has 0 amide bonds. The van der Waals surface area contributed by atoms with Crippen molar-refractivity contribution in [3.05, 3.63) is 118 Å². The third kappa shape index (κ3) is 87.8. The first-order valence-electron chi connectivity index (χ1n) is 34.7. The van der Waals surface area contributed by atoms with Crippen molar-refractivity contribution < 1.29 is 108 Å². The molecule has 0 aliphatic heterocycles. The maximum Gasteiger partial charge on any atom is 0.381 e. The van der Waals surface area contributed by atoms with Gasteiger partial charge in [0.2, 0.25) is 0 Å². The molecule has 0 atom stereocenters. The largest absolute Gasteiger partial charge is 0.481 e. The van der Waals surface area contributed by atoms with Gasteiger partial charge in [-0.2, -0.15) is 0 Å². The van der Waals surface area contributed by atoms with Crippen LogP contribution in [0.2, 0.25) is 0 Å². The Morgan fingerprint density at radius 1 is 0.510 bits per heavy atom. The van der Waals surface area contributed by atoms with E-state index in [9.17, 15) is 43.2 Å². The summed E-state index contributed by atoms with van der Waals surface area (Å²) >= 11 is 0. The zero-order chi connectivity index (χ0) is 84.3. The summed E-state index contributed by atoms with van der Waals surface area (Å²) in [7, 11) is 0. The molecule has 22 nitrogen and oxygen atoms in total. The van der Waals surface area contributed by atoms with E-state index in [0.717, 1.165) is 52.0 Å². The van der Waals surface area contributed by atoms with Crippen LogP contribution >= 0.6 is 0 Å². The average Bonchev–Trinajstić information content (AvgIpc) is 0.912. The minimum atomic E-state index is -1.06. The van der Waals surface area contributed by atoms with Gasteiger partial charge in [0.25, 0.3) is 0 Å². The van der Waals surface area contributed by atoms with E-state index in [2.05, 4.69) is 24.3 Å². The van der Waals surface area contributed by atoms with Crippen LogP contribution in [-0.2, 0) is 52.6 Å². The van der Waals surface area contributed by atoms with Crippen LogP contribution in [0.1, 0.15) is 249 Å². The van der Waals surface area contributed by atoms with E-state index in [-0.39, 0.29) is 49.1 Å². The minimum Gasteiger partial charge on any atom is -0.481 e. The van der Waals surface area contributed by atoms with Crippen LogP contribution in [0.5, 0.6) is 0 Å². The lowest BCUT2D eigenvalue weighted by atomic mass is 9.92. The predicted octanol–water partition coefficient (Wildman–Crippen LogP) is 17.7. The maximum atomic E-state index is 10.7. The molecule has 0 heterocycles. The summed E-state index contributed by atoms with van der Waals surface area (Å²) in [5, 5.41) is 84.0. The van der Waals surface area contributed by atoms with Gasteiger partial charge in [-0.3, -0.25) is 4.79 Å². The second-order valence-corrected chi connectivity index (χ2v) is 28.0. The van der Waals surface area contributed by atoms with Crippen LogP contribution in [0.4, 0.5) is 0 Å². The molecule has 1 aromatic rings. The van der Waals surface area contributed by atoms with Gasteiger partial charge in [0.05, 0.1) is 48.1 Å². The Bertz CT molecular complexity index is 2920. The number of carboxylic acid groups (broad SMARTS) is 9. The molecule has 104 heavy (non-hydrogen) atoms. The van der Waals surface area contributed by atoms with Gasteiger partial charge in [0.1, 0.15) is 6.61 Å². The third-order valence-corrected chi connectivity index (χ3v) is 12.3. The highest BCUT2D eigenvalue weighted by atomic mass is 16.5. The Hall–Kier alpha value is -8.41. The van der Waals surface area contributed by atoms with Crippen molar-refractivity contribution in [1.82, 2.24) is 0 Å². The molecule has 0 fully saturated rings. The SMILES string of the molecule is C/C(=C\C(=O)O)COC(C)C.C/C(=C\C(C)(C)OC(C)C)C(=O)O.C=C(CC(=O)O)C(C)C.CC(C)C#CC(=O)O.CC(C)C#CCO.CC(C)C(=CC(=O)O)C(C)C.CC(C)C(=CC(=O)O)C(C)C.CC(C)OC(C)(C)/C=C/C(=O)O.CC(C)c1ccccc1C(=O)O.CC/C(=C\C(=O)O)C(C)C. The van der Waals surface area contributed by atoms with Crippen LogP contribution in [0.25, 0.3) is 0 Å². The molecule has 0 aromatic heterocycles. The molecular weight excluding hydrogens is 1340 g/mol. The van der Waals surface area contributed by atoms with Crippen LogP contribution in [0.15, 0.2) is 107 Å². The zero-order valence-electron chi connectivity index (χ0n) is 68.7. The Morgan fingerprint density at radius 3 is 1.12 bits per heavy atom. The zero-order valence-corrected chi connectivity index (χ0v) is 68.7. The lowest BCUT2D eigenvalue weighted by molar-refractivity contribution is -0.136. The third-order valence-electron chi connectivity index (χ3n) is 12.3. The van der Waals surface area contributed by atoms with Crippen molar-refractivity contribution >= 4 is 53.7 Å². The first kappa shape index (κ1) is 114. The average molecular weight is 1470 g/mol. The van der Waals surface area contributed by atoms with Gasteiger partial charge in [-0.25, -0.2) is 38.4 Å². The number of carbonyl (C=O) groups is 9. The summed E-state index contributed by atoms with van der Waals surface area (Å²) in [6.07, 6.45) is 10.6. The molecule has 1 aromatic carbocycles. The number of aliphatic carboxylic acids is 8. The number of hydrogen-bond donors (Lipinski definition) is 10. The highest BCUT2D eigenvalue weighted by Gasteiger charge is 2.19. The highest BCUT2D eigenvalue weighted by molar-refractivity contribution is 5.89. The number of ether oxygens (including phenoxy) is 3. The molecular formula is C82H136O22. The van der Waals surface area contributed by atoms with Gasteiger partial charge >= 0.3 is 53.7 Å². The van der Waals surface area contributed by atoms with Crippen molar-refractivity contribution in [2.45, 2.75) is 263 Å². The number of hydrogen-bond acceptors (Lipinski definition) is 13. The number of benzene rings is 1. The maximum absolute atomic E-state index is 10.7. The van der Waals surface area contributed by atoms with Crippen molar-refractivity contribution in [3.63, 3.8) is 0 Å². The van der Waals surface area contributed by atoms with E-state index in [4.69, 9.17) is 65.3 Å². The summed E-state index contributed by atoms with van der Waals surface area (Å²) in [4.78, 5) is 92.2. The molecule has 0 saturated heterocycles. The van der Waals surface area contributed by atoms with E-state index in [1.807, 2.05) is 219 Å². The highest BCUT2D eigenvalue weighted by Crippen LogP contribution is 2.22. The van der Waals surface area contributed by atoms with E-state index in [0.29, 0.717) is 53.3 Å². The summed E-state index contributed by atoms with van der Waals surface area (Å²) in [5.74, 6) is 4.56. The molecule has 1 rings (SSSR count). The summed E-state index contributed by atoms with van der Waals surface area (Å²) in [6, 6.07) is 7.10. The molecule has 0 spiro atoms. The molecule has 0 unspecified atom stereocenters. The van der Waals surface area contributed by atoms with Gasteiger partial charge in [-0.1, -0.05) is 196 Å². The second-order valence-electron chi connectivity index (χ2n) is 28.0. The summed E-state index contributed by atoms with van der Waals surface area (Å²) in [5.41, 5.74) is 5.09. The number of allylic oxidation sites excluding steroid dienone is 3. The molecule has 0 aliphatic carbocycles. The summed E-state index contributed by atoms with van der Waals surface area (Å²) in [6.45, 7) is 63.7. The fraction of sp³-hybridized carbons (Fsp3) is 0.598. The fourth-order valence-electron chi connectivity index (χ4n) is 7.86. The Morgan fingerprint density at radius 2 is 0.904 bits per heavy atom. The number of rotatable bonds is 26. The molecule has 0 bridgehead atoms. The standard InChI is InChI=1S/C10H18O3.C10H12O2.C9H16O3.2C9H16O2.C8H14O3.C8H14O2.C7H12O2.C6H8O2.C6H10O/c1-7(2)13-10(4,5)6-8(3)9(11)12;1-7(2)8-5-3-4-6-9(8)10(11)12;1-7(2)12-9(3,4)6-5-8(10)11;2*1-6(2)8(7(3)4)5-9(10)11;1-6(2)11-5-7(3)4-8(9)10;1-4-7(6(2)3)5-8(9)10;1-5(2)6(3)4-7(8)9;1-5(2)3-4-6(7)8;1-6(2)4-3-5-7/h6-7H,1-5H3,(H,11,12);3-7H,1-2H3,(H,11,12);5-7H,1-4H3,(H,10,11);2*5-7H,1-4H3,(H,10,11);4,6H,5H2,1-3H3,(H,9,10);5-6H,4H2,1-3H3,(H,9,10);5H,3-4H2,1-2H3,(H,8,9);5H,1-2H3,(H,7,8);6-7H,5H2,1-2H3/b8-6+;;6-5+;;;7-4+;7-5+;;;. The number of aromatic carboxylic acids is 1. The van der Waals surface area contributed by atoms with Gasteiger partial charge in [-0.15, -0.1) is 0 Å². The Balaban J connectivity index is -0.000000138. The number of aliphatic hydroxyl groups is 1. The fourth-order valence-corrected chi connectivity index (χ4v) is 7.86. The molecule has 10 N–H and O–H groups in total. The van der Waals surface area contributed by atoms with E-state index in [1.54, 1.807) is 32.1 Å². The monoisotopic (exact) mass is 1470 g/mol. The van der Waals surface area contributed by atoms with Crippen LogP contribution in [-0.4, -0.2) is 148 Å². The van der Waals surface area contributed by atoms with Crippen molar-refractivity contribution in [3.8, 4) is 23.7 Å². The molecule has 596 valence electrons. The van der Waals surface area contributed by atoms with E-state index < -0.39 is 64.9 Å². The second kappa shape index (κ2) is 65.4. The quantitative estimate of drug-likeness (QED) is 0.0234. The van der Waals surface area contributed by atoms with Gasteiger partial charge in [0, 0.05) is 53.7 Å².